The molecule has 1 atom stereocenters. The van der Waals surface area contributed by atoms with Crippen molar-refractivity contribution in [3.05, 3.63) is 11.6 Å². The summed E-state index contributed by atoms with van der Waals surface area (Å²) in [6.07, 6.45) is 0.950. The van der Waals surface area contributed by atoms with Crippen molar-refractivity contribution >= 4 is 5.91 Å². The fourth-order valence-electron chi connectivity index (χ4n) is 0.720. The number of rotatable bonds is 3. The van der Waals surface area contributed by atoms with Gasteiger partial charge >= 0.3 is 0 Å². The van der Waals surface area contributed by atoms with Gasteiger partial charge < -0.3 is 10.4 Å². The molecule has 76 valence electrons. The van der Waals surface area contributed by atoms with Gasteiger partial charge in [0.2, 0.25) is 5.91 Å². The van der Waals surface area contributed by atoms with E-state index in [0.717, 1.165) is 5.57 Å². The number of hydrogen-bond acceptors (Lipinski definition) is 2. The van der Waals surface area contributed by atoms with Crippen LogP contribution in [0, 0.1) is 0 Å². The number of aliphatic hydroxyl groups excluding tert-OH is 1. The molecule has 0 aromatic rings. The Morgan fingerprint density at radius 3 is 2.23 bits per heavy atom. The van der Waals surface area contributed by atoms with Crippen molar-refractivity contribution in [2.24, 2.45) is 0 Å². The van der Waals surface area contributed by atoms with E-state index in [0.29, 0.717) is 0 Å². The third-order valence-corrected chi connectivity index (χ3v) is 1.91. The van der Waals surface area contributed by atoms with Crippen LogP contribution in [0.3, 0.4) is 0 Å². The van der Waals surface area contributed by atoms with Crippen molar-refractivity contribution < 1.29 is 9.90 Å². The summed E-state index contributed by atoms with van der Waals surface area (Å²) >= 11 is 0. The third kappa shape index (κ3) is 4.68. The first-order valence-corrected chi connectivity index (χ1v) is 4.41. The highest BCUT2D eigenvalue weighted by molar-refractivity contribution is 5.88. The molecule has 0 aliphatic rings. The van der Waals surface area contributed by atoms with Gasteiger partial charge in [-0.15, -0.1) is 0 Å². The lowest BCUT2D eigenvalue weighted by Gasteiger charge is -2.28. The topological polar surface area (TPSA) is 49.3 Å². The van der Waals surface area contributed by atoms with Crippen molar-refractivity contribution in [2.45, 2.75) is 46.3 Å². The zero-order chi connectivity index (χ0) is 10.6. The molecule has 13 heavy (non-hydrogen) atoms. The van der Waals surface area contributed by atoms with Gasteiger partial charge in [-0.2, -0.15) is 0 Å². The van der Waals surface area contributed by atoms with E-state index in [2.05, 4.69) is 5.32 Å². The average Bonchev–Trinajstić information content (AvgIpc) is 1.82. The zero-order valence-electron chi connectivity index (χ0n) is 9.01. The number of hydrogen-bond donors (Lipinski definition) is 2. The van der Waals surface area contributed by atoms with Crippen molar-refractivity contribution in [1.82, 2.24) is 5.32 Å². The van der Waals surface area contributed by atoms with Crippen molar-refractivity contribution in [1.29, 1.82) is 0 Å². The Hall–Kier alpha value is -0.830. The third-order valence-electron chi connectivity index (χ3n) is 1.91. The Labute approximate surface area is 79.8 Å². The SMILES string of the molecule is CC(C)=CC(=O)NC(C)(C)C(C)O. The maximum Gasteiger partial charge on any atom is 0.244 e. The summed E-state index contributed by atoms with van der Waals surface area (Å²) in [5.41, 5.74) is 0.363. The molecule has 0 aromatic carbocycles. The van der Waals surface area contributed by atoms with Crippen molar-refractivity contribution in [2.75, 3.05) is 0 Å². The lowest BCUT2D eigenvalue weighted by atomic mass is 9.99. The predicted molar refractivity (Wildman–Crippen MR) is 53.3 cm³/mol. The second-order valence-electron chi connectivity index (χ2n) is 4.11. The number of aliphatic hydroxyl groups is 1. The van der Waals surface area contributed by atoms with E-state index in [1.54, 1.807) is 20.8 Å². The maximum atomic E-state index is 11.3. The van der Waals surface area contributed by atoms with Gasteiger partial charge in [-0.1, -0.05) is 5.57 Å². The van der Waals surface area contributed by atoms with E-state index < -0.39 is 11.6 Å². The largest absolute Gasteiger partial charge is 0.391 e. The molecule has 1 unspecified atom stereocenters. The van der Waals surface area contributed by atoms with Gasteiger partial charge in [-0.3, -0.25) is 4.79 Å². The molecule has 0 radical (unpaired) electrons. The average molecular weight is 185 g/mol. The van der Waals surface area contributed by atoms with Gasteiger partial charge in [0.15, 0.2) is 0 Å². The molecule has 3 heteroatoms. The smallest absolute Gasteiger partial charge is 0.244 e. The molecule has 0 aromatic heterocycles. The summed E-state index contributed by atoms with van der Waals surface area (Å²) in [6.45, 7) is 8.94. The fourth-order valence-corrected chi connectivity index (χ4v) is 0.720. The second kappa shape index (κ2) is 4.42. The van der Waals surface area contributed by atoms with Gasteiger partial charge in [0.25, 0.3) is 0 Å². The first-order valence-electron chi connectivity index (χ1n) is 4.41. The summed E-state index contributed by atoms with van der Waals surface area (Å²) < 4.78 is 0. The van der Waals surface area contributed by atoms with Gasteiger partial charge in [-0.25, -0.2) is 0 Å². The Morgan fingerprint density at radius 2 is 1.92 bits per heavy atom. The molecule has 2 N–H and O–H groups in total. The quantitative estimate of drug-likeness (QED) is 0.650. The zero-order valence-corrected chi connectivity index (χ0v) is 9.01. The molecule has 0 spiro atoms. The molecule has 0 saturated heterocycles. The molecule has 0 aliphatic heterocycles. The van der Waals surface area contributed by atoms with Gasteiger partial charge in [0, 0.05) is 6.08 Å². The van der Waals surface area contributed by atoms with Crippen molar-refractivity contribution in [3.8, 4) is 0 Å². The highest BCUT2D eigenvalue weighted by Crippen LogP contribution is 2.08. The molecular formula is C10H19NO2. The van der Waals surface area contributed by atoms with Crippen LogP contribution in [0.1, 0.15) is 34.6 Å². The lowest BCUT2D eigenvalue weighted by molar-refractivity contribution is -0.119. The highest BCUT2D eigenvalue weighted by Gasteiger charge is 2.24. The predicted octanol–water partition coefficient (Wildman–Crippen LogP) is 1.23. The summed E-state index contributed by atoms with van der Waals surface area (Å²) in [7, 11) is 0. The van der Waals surface area contributed by atoms with Gasteiger partial charge in [0.05, 0.1) is 11.6 Å². The summed E-state index contributed by atoms with van der Waals surface area (Å²) in [5.74, 6) is -0.161. The van der Waals surface area contributed by atoms with Crippen LogP contribution in [0.4, 0.5) is 0 Å². The Kier molecular flexibility index (Phi) is 4.14. The lowest BCUT2D eigenvalue weighted by Crippen LogP contribution is -2.50. The van der Waals surface area contributed by atoms with E-state index in [4.69, 9.17) is 0 Å². The molecule has 0 fully saturated rings. The first kappa shape index (κ1) is 12.2. The van der Waals surface area contributed by atoms with E-state index >= 15 is 0 Å². The number of allylic oxidation sites excluding steroid dienone is 1. The number of carbonyl (C=O) groups is 1. The Bertz CT molecular complexity index is 213. The minimum absolute atomic E-state index is 0.161. The van der Waals surface area contributed by atoms with E-state index in [-0.39, 0.29) is 5.91 Å². The second-order valence-corrected chi connectivity index (χ2v) is 4.11. The minimum atomic E-state index is -0.580. The summed E-state index contributed by atoms with van der Waals surface area (Å²) in [5, 5.41) is 12.0. The molecule has 0 heterocycles. The van der Waals surface area contributed by atoms with Crippen LogP contribution < -0.4 is 5.32 Å². The Morgan fingerprint density at radius 1 is 1.46 bits per heavy atom. The fraction of sp³-hybridized carbons (Fsp3) is 0.700. The van der Waals surface area contributed by atoms with Gasteiger partial charge in [-0.05, 0) is 34.6 Å². The summed E-state index contributed by atoms with van der Waals surface area (Å²) in [4.78, 5) is 11.3. The van der Waals surface area contributed by atoms with Gasteiger partial charge in [0.1, 0.15) is 0 Å². The number of amides is 1. The molecule has 0 bridgehead atoms. The minimum Gasteiger partial charge on any atom is -0.391 e. The number of nitrogens with one attached hydrogen (secondary N) is 1. The van der Waals surface area contributed by atoms with Crippen LogP contribution in [0.5, 0.6) is 0 Å². The van der Waals surface area contributed by atoms with Crippen LogP contribution in [-0.2, 0) is 4.79 Å². The van der Waals surface area contributed by atoms with E-state index in [9.17, 15) is 9.90 Å². The molecule has 0 saturated carbocycles. The number of carbonyl (C=O) groups excluding carboxylic acids is 1. The van der Waals surface area contributed by atoms with Crippen LogP contribution >= 0.6 is 0 Å². The van der Waals surface area contributed by atoms with E-state index in [1.807, 2.05) is 13.8 Å². The maximum absolute atomic E-state index is 11.3. The standard InChI is InChI=1S/C10H19NO2/c1-7(2)6-9(13)11-10(4,5)8(3)12/h6,8,12H,1-5H3,(H,11,13). The van der Waals surface area contributed by atoms with Crippen LogP contribution in [0.25, 0.3) is 0 Å². The molecule has 3 nitrogen and oxygen atoms in total. The van der Waals surface area contributed by atoms with E-state index in [1.165, 1.54) is 6.08 Å². The molecule has 0 rings (SSSR count). The molecule has 1 amide bonds. The first-order chi connectivity index (χ1) is 5.75. The molecule has 0 aliphatic carbocycles. The highest BCUT2D eigenvalue weighted by atomic mass is 16.3. The summed E-state index contributed by atoms with van der Waals surface area (Å²) in [6, 6.07) is 0. The normalized spacial score (nSPS) is 13.4. The Balaban J connectivity index is 4.29. The monoisotopic (exact) mass is 185 g/mol. The van der Waals surface area contributed by atoms with Crippen molar-refractivity contribution in [3.63, 3.8) is 0 Å². The van der Waals surface area contributed by atoms with Crippen LogP contribution in [0.15, 0.2) is 11.6 Å². The van der Waals surface area contributed by atoms with Crippen LogP contribution in [0.2, 0.25) is 0 Å². The van der Waals surface area contributed by atoms with Crippen LogP contribution in [-0.4, -0.2) is 22.7 Å². The molecular weight excluding hydrogens is 166 g/mol.